The average Bonchev–Trinajstić information content (AvgIpc) is 2.68. The molecule has 0 atom stereocenters. The van der Waals surface area contributed by atoms with Gasteiger partial charge in [-0.15, -0.1) is 10.2 Å². The number of carboxylic acid groups (broad SMARTS) is 1. The molecule has 0 amide bonds. The maximum Gasteiger partial charge on any atom is 0.303 e. The standard InChI is InChI=1S/C11H14N4O2/c1-7(2)8-5-12-11-14-13-9(15(11)6-8)3-4-10(16)17/h5-7H,3-4H2,1-2H3,(H,16,17). The first-order chi connectivity index (χ1) is 8.08. The van der Waals surface area contributed by atoms with E-state index >= 15 is 0 Å². The summed E-state index contributed by atoms with van der Waals surface area (Å²) in [6, 6.07) is 0. The third kappa shape index (κ3) is 2.41. The molecule has 2 aromatic heterocycles. The molecule has 0 aromatic carbocycles. The second kappa shape index (κ2) is 4.48. The summed E-state index contributed by atoms with van der Waals surface area (Å²) in [5, 5.41) is 16.5. The molecule has 1 N–H and O–H groups in total. The molecule has 0 saturated carbocycles. The van der Waals surface area contributed by atoms with Crippen LogP contribution < -0.4 is 0 Å². The van der Waals surface area contributed by atoms with Crippen LogP contribution in [0.5, 0.6) is 0 Å². The van der Waals surface area contributed by atoms with Gasteiger partial charge in [-0.3, -0.25) is 9.20 Å². The normalized spacial score (nSPS) is 11.2. The second-order valence-corrected chi connectivity index (χ2v) is 4.22. The quantitative estimate of drug-likeness (QED) is 0.861. The molecule has 17 heavy (non-hydrogen) atoms. The van der Waals surface area contributed by atoms with Gasteiger partial charge in [0, 0.05) is 18.8 Å². The molecule has 2 aromatic rings. The Balaban J connectivity index is 2.36. The van der Waals surface area contributed by atoms with Crippen LogP contribution in [0.25, 0.3) is 5.78 Å². The number of aliphatic carboxylic acids is 1. The second-order valence-electron chi connectivity index (χ2n) is 4.22. The van der Waals surface area contributed by atoms with Crippen molar-refractivity contribution in [2.45, 2.75) is 32.6 Å². The lowest BCUT2D eigenvalue weighted by molar-refractivity contribution is -0.137. The molecule has 90 valence electrons. The zero-order chi connectivity index (χ0) is 12.4. The molecule has 0 spiro atoms. The SMILES string of the molecule is CC(C)c1cnc2nnc(CCC(=O)O)n2c1. The molecule has 0 aliphatic heterocycles. The number of fused-ring (bicyclic) bond motifs is 1. The zero-order valence-corrected chi connectivity index (χ0v) is 9.79. The fourth-order valence-electron chi connectivity index (χ4n) is 1.54. The summed E-state index contributed by atoms with van der Waals surface area (Å²) < 4.78 is 1.76. The van der Waals surface area contributed by atoms with Crippen molar-refractivity contribution in [2.75, 3.05) is 0 Å². The topological polar surface area (TPSA) is 80.4 Å². The van der Waals surface area contributed by atoms with Gasteiger partial charge in [0.05, 0.1) is 6.42 Å². The summed E-state index contributed by atoms with van der Waals surface area (Å²) >= 11 is 0. The van der Waals surface area contributed by atoms with Crippen LogP contribution in [0, 0.1) is 0 Å². The molecule has 6 heteroatoms. The van der Waals surface area contributed by atoms with Crippen LogP contribution >= 0.6 is 0 Å². The van der Waals surface area contributed by atoms with Crippen LogP contribution in [0.4, 0.5) is 0 Å². The third-order valence-corrected chi connectivity index (χ3v) is 2.58. The van der Waals surface area contributed by atoms with Crippen molar-refractivity contribution in [1.29, 1.82) is 0 Å². The fraction of sp³-hybridized carbons (Fsp3) is 0.455. The Morgan fingerprint density at radius 2 is 2.24 bits per heavy atom. The van der Waals surface area contributed by atoms with Crippen molar-refractivity contribution in [3.8, 4) is 0 Å². The maximum absolute atomic E-state index is 10.5. The van der Waals surface area contributed by atoms with Crippen LogP contribution in [0.1, 0.15) is 37.6 Å². The minimum absolute atomic E-state index is 0.0483. The number of carbonyl (C=O) groups is 1. The van der Waals surface area contributed by atoms with Crippen LogP contribution in [0.15, 0.2) is 12.4 Å². The first-order valence-corrected chi connectivity index (χ1v) is 5.49. The Kier molecular flexibility index (Phi) is 3.03. The van der Waals surface area contributed by atoms with E-state index in [1.54, 1.807) is 10.6 Å². The van der Waals surface area contributed by atoms with E-state index in [1.807, 2.05) is 6.20 Å². The van der Waals surface area contributed by atoms with Crippen LogP contribution in [-0.4, -0.2) is 30.7 Å². The van der Waals surface area contributed by atoms with Gasteiger partial charge in [0.1, 0.15) is 5.82 Å². The van der Waals surface area contributed by atoms with E-state index in [-0.39, 0.29) is 6.42 Å². The lowest BCUT2D eigenvalue weighted by Crippen LogP contribution is -2.03. The molecular formula is C11H14N4O2. The molecule has 0 aliphatic rings. The molecule has 0 aliphatic carbocycles. The van der Waals surface area contributed by atoms with E-state index in [4.69, 9.17) is 5.11 Å². The Hall–Kier alpha value is -1.98. The number of aromatic nitrogens is 4. The molecule has 0 unspecified atom stereocenters. The minimum Gasteiger partial charge on any atom is -0.481 e. The molecule has 0 fully saturated rings. The lowest BCUT2D eigenvalue weighted by Gasteiger charge is -2.05. The number of aryl methyl sites for hydroxylation is 1. The van der Waals surface area contributed by atoms with E-state index < -0.39 is 5.97 Å². The number of nitrogens with zero attached hydrogens (tertiary/aromatic N) is 4. The Labute approximate surface area is 98.3 Å². The van der Waals surface area contributed by atoms with Crippen molar-refractivity contribution in [2.24, 2.45) is 0 Å². The zero-order valence-electron chi connectivity index (χ0n) is 9.79. The van der Waals surface area contributed by atoms with Crippen LogP contribution in [-0.2, 0) is 11.2 Å². The number of hydrogen-bond acceptors (Lipinski definition) is 4. The van der Waals surface area contributed by atoms with Crippen molar-refractivity contribution < 1.29 is 9.90 Å². The van der Waals surface area contributed by atoms with E-state index in [0.717, 1.165) is 5.56 Å². The molecule has 2 rings (SSSR count). The van der Waals surface area contributed by atoms with Gasteiger partial charge in [-0.25, -0.2) is 4.98 Å². The maximum atomic E-state index is 10.5. The Bertz CT molecular complexity index is 547. The minimum atomic E-state index is -0.838. The first kappa shape index (κ1) is 11.5. The summed E-state index contributed by atoms with van der Waals surface area (Å²) in [4.78, 5) is 14.7. The smallest absolute Gasteiger partial charge is 0.303 e. The van der Waals surface area contributed by atoms with Gasteiger partial charge in [-0.05, 0) is 11.5 Å². The van der Waals surface area contributed by atoms with E-state index in [0.29, 0.717) is 23.9 Å². The van der Waals surface area contributed by atoms with Gasteiger partial charge in [-0.1, -0.05) is 13.8 Å². The predicted octanol–water partition coefficient (Wildman–Crippen LogP) is 1.26. The molecule has 2 heterocycles. The molecule has 6 nitrogen and oxygen atoms in total. The van der Waals surface area contributed by atoms with Crippen molar-refractivity contribution >= 4 is 11.7 Å². The highest BCUT2D eigenvalue weighted by Gasteiger charge is 2.10. The highest BCUT2D eigenvalue weighted by molar-refractivity contribution is 5.66. The summed E-state index contributed by atoms with van der Waals surface area (Å²) in [5.74, 6) is 0.670. The van der Waals surface area contributed by atoms with Gasteiger partial charge >= 0.3 is 5.97 Å². The van der Waals surface area contributed by atoms with E-state index in [9.17, 15) is 4.79 Å². The summed E-state index contributed by atoms with van der Waals surface area (Å²) in [5.41, 5.74) is 1.08. The summed E-state index contributed by atoms with van der Waals surface area (Å²) in [6.45, 7) is 4.15. The fourth-order valence-corrected chi connectivity index (χ4v) is 1.54. The Morgan fingerprint density at radius 1 is 1.47 bits per heavy atom. The summed E-state index contributed by atoms with van der Waals surface area (Å²) in [6.07, 6.45) is 4.10. The monoisotopic (exact) mass is 234 g/mol. The van der Waals surface area contributed by atoms with E-state index in [1.165, 1.54) is 0 Å². The first-order valence-electron chi connectivity index (χ1n) is 5.49. The highest BCUT2D eigenvalue weighted by Crippen LogP contribution is 2.14. The average molecular weight is 234 g/mol. The van der Waals surface area contributed by atoms with Gasteiger partial charge in [0.15, 0.2) is 0 Å². The number of rotatable bonds is 4. The summed E-state index contributed by atoms with van der Waals surface area (Å²) in [7, 11) is 0. The number of hydrogen-bond donors (Lipinski definition) is 1. The van der Waals surface area contributed by atoms with Crippen molar-refractivity contribution in [1.82, 2.24) is 19.6 Å². The van der Waals surface area contributed by atoms with Gasteiger partial charge in [-0.2, -0.15) is 0 Å². The van der Waals surface area contributed by atoms with Crippen LogP contribution in [0.3, 0.4) is 0 Å². The molecule has 0 radical (unpaired) electrons. The highest BCUT2D eigenvalue weighted by atomic mass is 16.4. The van der Waals surface area contributed by atoms with Gasteiger partial charge < -0.3 is 5.11 Å². The van der Waals surface area contributed by atoms with Gasteiger partial charge in [0.2, 0.25) is 0 Å². The molecular weight excluding hydrogens is 220 g/mol. The van der Waals surface area contributed by atoms with Crippen molar-refractivity contribution in [3.05, 3.63) is 23.8 Å². The Morgan fingerprint density at radius 3 is 2.88 bits per heavy atom. The molecule has 0 saturated heterocycles. The van der Waals surface area contributed by atoms with E-state index in [2.05, 4.69) is 29.0 Å². The molecule has 0 bridgehead atoms. The lowest BCUT2D eigenvalue weighted by atomic mass is 10.1. The van der Waals surface area contributed by atoms with Crippen LogP contribution in [0.2, 0.25) is 0 Å². The largest absolute Gasteiger partial charge is 0.481 e. The third-order valence-electron chi connectivity index (χ3n) is 2.58. The van der Waals surface area contributed by atoms with Gasteiger partial charge in [0.25, 0.3) is 5.78 Å². The van der Waals surface area contributed by atoms with Crippen molar-refractivity contribution in [3.63, 3.8) is 0 Å². The number of carboxylic acids is 1. The predicted molar refractivity (Wildman–Crippen MR) is 60.8 cm³/mol.